The van der Waals surface area contributed by atoms with Crippen LogP contribution in [0, 0.1) is 11.8 Å². The summed E-state index contributed by atoms with van der Waals surface area (Å²) in [4.78, 5) is 5.16. The second kappa shape index (κ2) is 8.45. The molecule has 0 bridgehead atoms. The first kappa shape index (κ1) is 20.2. The second-order valence-corrected chi connectivity index (χ2v) is 9.98. The summed E-state index contributed by atoms with van der Waals surface area (Å²) < 4.78 is 0. The van der Waals surface area contributed by atoms with E-state index in [4.69, 9.17) is 0 Å². The van der Waals surface area contributed by atoms with Crippen LogP contribution in [0.4, 0.5) is 0 Å². The van der Waals surface area contributed by atoms with Crippen molar-refractivity contribution in [3.8, 4) is 0 Å². The first-order chi connectivity index (χ1) is 14.6. The highest BCUT2D eigenvalue weighted by Gasteiger charge is 2.52. The summed E-state index contributed by atoms with van der Waals surface area (Å²) >= 11 is 0. The monoisotopic (exact) mass is 404 g/mol. The number of hydrogen-bond acceptors (Lipinski definition) is 3. The van der Waals surface area contributed by atoms with E-state index in [1.807, 2.05) is 0 Å². The number of fused-ring (bicyclic) bond motifs is 1. The first-order valence-electron chi connectivity index (χ1n) is 11.9. The van der Waals surface area contributed by atoms with Crippen LogP contribution in [0.25, 0.3) is 0 Å². The molecule has 2 aromatic carbocycles. The van der Waals surface area contributed by atoms with Gasteiger partial charge in [-0.1, -0.05) is 54.6 Å². The average molecular weight is 405 g/mol. The van der Waals surface area contributed by atoms with Gasteiger partial charge in [0.1, 0.15) is 0 Å². The molecule has 4 atom stereocenters. The lowest BCUT2D eigenvalue weighted by Gasteiger charge is -2.31. The van der Waals surface area contributed by atoms with Crippen molar-refractivity contribution in [1.29, 1.82) is 0 Å². The molecule has 5 rings (SSSR count). The molecule has 3 nitrogen and oxygen atoms in total. The summed E-state index contributed by atoms with van der Waals surface area (Å²) in [6, 6.07) is 20.4. The molecule has 1 unspecified atom stereocenters. The van der Waals surface area contributed by atoms with Gasteiger partial charge in [0, 0.05) is 38.1 Å². The number of rotatable bonds is 6. The quantitative estimate of drug-likeness (QED) is 0.771. The molecule has 0 radical (unpaired) electrons. The summed E-state index contributed by atoms with van der Waals surface area (Å²) in [5.41, 5.74) is 3.25. The van der Waals surface area contributed by atoms with Crippen molar-refractivity contribution in [3.05, 3.63) is 71.3 Å². The van der Waals surface area contributed by atoms with Crippen molar-refractivity contribution in [2.45, 2.75) is 57.2 Å². The van der Waals surface area contributed by atoms with Gasteiger partial charge in [-0.15, -0.1) is 0 Å². The largest absolute Gasteiger partial charge is 0.385 e. The van der Waals surface area contributed by atoms with E-state index in [1.54, 1.807) is 0 Å². The Morgan fingerprint density at radius 2 is 1.77 bits per heavy atom. The number of nitrogens with zero attached hydrogens (tertiary/aromatic N) is 2. The topological polar surface area (TPSA) is 26.7 Å². The van der Waals surface area contributed by atoms with E-state index < -0.39 is 5.60 Å². The highest BCUT2D eigenvalue weighted by molar-refractivity contribution is 5.30. The lowest BCUT2D eigenvalue weighted by Crippen LogP contribution is -2.34. The van der Waals surface area contributed by atoms with Crippen molar-refractivity contribution >= 4 is 0 Å². The smallest absolute Gasteiger partial charge is 0.0940 e. The van der Waals surface area contributed by atoms with Crippen molar-refractivity contribution in [2.75, 3.05) is 26.2 Å². The molecule has 3 heteroatoms. The predicted octanol–water partition coefficient (Wildman–Crippen LogP) is 4.44. The molecule has 0 spiro atoms. The predicted molar refractivity (Wildman–Crippen MR) is 122 cm³/mol. The zero-order valence-electron chi connectivity index (χ0n) is 18.3. The molecule has 2 heterocycles. The minimum atomic E-state index is -0.655. The maximum atomic E-state index is 11.7. The summed E-state index contributed by atoms with van der Waals surface area (Å²) in [6.07, 6.45) is 5.85. The van der Waals surface area contributed by atoms with E-state index >= 15 is 0 Å². The molecule has 160 valence electrons. The Morgan fingerprint density at radius 1 is 0.967 bits per heavy atom. The Bertz CT molecular complexity index is 836. The minimum Gasteiger partial charge on any atom is -0.385 e. The van der Waals surface area contributed by atoms with Gasteiger partial charge in [0.2, 0.25) is 0 Å². The van der Waals surface area contributed by atoms with Crippen molar-refractivity contribution in [2.24, 2.45) is 11.8 Å². The third-order valence-electron chi connectivity index (χ3n) is 8.11. The van der Waals surface area contributed by atoms with Gasteiger partial charge < -0.3 is 10.0 Å². The van der Waals surface area contributed by atoms with Crippen molar-refractivity contribution in [3.63, 3.8) is 0 Å². The maximum Gasteiger partial charge on any atom is 0.0940 e. The van der Waals surface area contributed by atoms with E-state index in [9.17, 15) is 5.11 Å². The molecule has 1 N–H and O–H groups in total. The zero-order chi connectivity index (χ0) is 20.6. The van der Waals surface area contributed by atoms with Gasteiger partial charge in [-0.25, -0.2) is 0 Å². The van der Waals surface area contributed by atoms with Gasteiger partial charge in [-0.2, -0.15) is 0 Å². The van der Waals surface area contributed by atoms with Crippen LogP contribution in [0.5, 0.6) is 0 Å². The number of aliphatic hydroxyl groups is 1. The lowest BCUT2D eigenvalue weighted by molar-refractivity contribution is -0.00684. The molecule has 3 fully saturated rings. The number of likely N-dealkylation sites (tertiary alicyclic amines) is 2. The second-order valence-electron chi connectivity index (χ2n) is 9.98. The lowest BCUT2D eigenvalue weighted by atomic mass is 9.82. The summed E-state index contributed by atoms with van der Waals surface area (Å²) in [6.45, 7) is 7.88. The Morgan fingerprint density at radius 3 is 2.50 bits per heavy atom. The molecule has 0 amide bonds. The van der Waals surface area contributed by atoms with E-state index in [1.165, 1.54) is 30.5 Å². The molecular weight excluding hydrogens is 368 g/mol. The van der Waals surface area contributed by atoms with Crippen LogP contribution >= 0.6 is 0 Å². The van der Waals surface area contributed by atoms with Gasteiger partial charge in [-0.3, -0.25) is 4.90 Å². The molecular formula is C27H36N2O. The van der Waals surface area contributed by atoms with Gasteiger partial charge >= 0.3 is 0 Å². The maximum absolute atomic E-state index is 11.7. The van der Waals surface area contributed by atoms with Gasteiger partial charge in [0.05, 0.1) is 5.60 Å². The molecule has 2 aromatic rings. The Kier molecular flexibility index (Phi) is 5.70. The number of hydrogen-bond donors (Lipinski definition) is 1. The number of benzene rings is 2. The van der Waals surface area contributed by atoms with Crippen LogP contribution in [-0.2, 0) is 18.6 Å². The molecule has 0 aromatic heterocycles. The van der Waals surface area contributed by atoms with Crippen LogP contribution in [-0.4, -0.2) is 47.1 Å². The molecule has 2 aliphatic heterocycles. The Balaban J connectivity index is 1.22. The summed E-state index contributed by atoms with van der Waals surface area (Å²) in [5.74, 6) is 0.979. The highest BCUT2D eigenvalue weighted by Crippen LogP contribution is 2.50. The fraction of sp³-hybridized carbons (Fsp3) is 0.556. The van der Waals surface area contributed by atoms with E-state index in [0.29, 0.717) is 11.8 Å². The third kappa shape index (κ3) is 3.95. The SMILES string of the molecule is C[C@H]1CCCN1CCc1ccc(C2(O)CC[C@@H]3CN(Cc4ccccc4)C[C@@H]32)cc1. The van der Waals surface area contributed by atoms with Crippen LogP contribution < -0.4 is 0 Å². The highest BCUT2D eigenvalue weighted by atomic mass is 16.3. The average Bonchev–Trinajstić information content (AvgIpc) is 3.45. The fourth-order valence-corrected chi connectivity index (χ4v) is 6.27. The zero-order valence-corrected chi connectivity index (χ0v) is 18.3. The van der Waals surface area contributed by atoms with E-state index in [2.05, 4.69) is 71.3 Å². The Hall–Kier alpha value is -1.68. The normalized spacial score (nSPS) is 32.0. The van der Waals surface area contributed by atoms with Gasteiger partial charge in [0.25, 0.3) is 0 Å². The summed E-state index contributed by atoms with van der Waals surface area (Å²) in [5, 5.41) is 11.7. The first-order valence-corrected chi connectivity index (χ1v) is 11.9. The van der Waals surface area contributed by atoms with Crippen LogP contribution in [0.3, 0.4) is 0 Å². The van der Waals surface area contributed by atoms with E-state index in [-0.39, 0.29) is 0 Å². The van der Waals surface area contributed by atoms with E-state index in [0.717, 1.165) is 57.0 Å². The van der Waals surface area contributed by atoms with Crippen LogP contribution in [0.2, 0.25) is 0 Å². The van der Waals surface area contributed by atoms with Gasteiger partial charge in [-0.05, 0) is 68.2 Å². The standard InChI is InChI=1S/C27H36N2O/c1-21-6-5-16-29(21)17-14-22-9-11-25(12-10-22)27(30)15-13-24-19-28(20-26(24)27)18-23-7-3-2-4-8-23/h2-4,7-12,21,24,26,30H,5-6,13-20H2,1H3/t21-,24+,26-,27?/m0/s1. The molecule has 1 saturated carbocycles. The minimum absolute atomic E-state index is 0.359. The third-order valence-corrected chi connectivity index (χ3v) is 8.11. The molecule has 3 aliphatic rings. The van der Waals surface area contributed by atoms with Crippen LogP contribution in [0.1, 0.15) is 49.3 Å². The van der Waals surface area contributed by atoms with Crippen molar-refractivity contribution < 1.29 is 5.11 Å². The van der Waals surface area contributed by atoms with Crippen molar-refractivity contribution in [1.82, 2.24) is 9.80 Å². The fourth-order valence-electron chi connectivity index (χ4n) is 6.27. The molecule has 30 heavy (non-hydrogen) atoms. The van der Waals surface area contributed by atoms with Gasteiger partial charge in [0.15, 0.2) is 0 Å². The Labute approximate surface area is 181 Å². The van der Waals surface area contributed by atoms with Crippen LogP contribution in [0.15, 0.2) is 54.6 Å². The molecule has 1 aliphatic carbocycles. The summed E-state index contributed by atoms with van der Waals surface area (Å²) in [7, 11) is 0. The molecule has 2 saturated heterocycles.